The van der Waals surface area contributed by atoms with Crippen molar-refractivity contribution in [2.45, 2.75) is 12.8 Å². The van der Waals surface area contributed by atoms with Crippen molar-refractivity contribution < 1.29 is 9.18 Å². The van der Waals surface area contributed by atoms with Crippen LogP contribution in [-0.2, 0) is 0 Å². The average Bonchev–Trinajstić information content (AvgIpc) is 2.59. The number of rotatable bonds is 3. The second kappa shape index (κ2) is 7.94. The Labute approximate surface area is 143 Å². The minimum Gasteiger partial charge on any atom is -0.324 e. The van der Waals surface area contributed by atoms with Gasteiger partial charge in [0.1, 0.15) is 5.82 Å². The molecule has 3 rings (SSSR count). The van der Waals surface area contributed by atoms with Crippen LogP contribution in [0.3, 0.4) is 0 Å². The van der Waals surface area contributed by atoms with Crippen LogP contribution in [0.15, 0.2) is 24.3 Å². The summed E-state index contributed by atoms with van der Waals surface area (Å²) in [7, 11) is 2.17. The van der Waals surface area contributed by atoms with E-state index in [1.165, 1.54) is 18.6 Å². The van der Waals surface area contributed by atoms with Crippen LogP contribution in [0.25, 0.3) is 0 Å². The highest BCUT2D eigenvalue weighted by molar-refractivity contribution is 5.89. The number of hydrogen-bond donors (Lipinski definition) is 1. The fraction of sp³-hybridized carbons (Fsp3) is 0.611. The Balaban J connectivity index is 1.49. The molecular formula is C18H27FN4O. The summed E-state index contributed by atoms with van der Waals surface area (Å²) in [6.45, 7) is 7.17. The van der Waals surface area contributed by atoms with Crippen molar-refractivity contribution in [3.8, 4) is 0 Å². The molecule has 2 saturated heterocycles. The highest BCUT2D eigenvalue weighted by Gasteiger charge is 2.26. The number of hydrogen-bond acceptors (Lipinski definition) is 3. The lowest BCUT2D eigenvalue weighted by atomic mass is 9.97. The molecule has 0 saturated carbocycles. The number of nitrogens with one attached hydrogen (secondary N) is 1. The van der Waals surface area contributed by atoms with Crippen molar-refractivity contribution >= 4 is 11.7 Å². The number of carbonyl (C=O) groups is 1. The van der Waals surface area contributed by atoms with Gasteiger partial charge in [-0.05, 0) is 50.1 Å². The number of piperazine rings is 1. The van der Waals surface area contributed by atoms with Crippen molar-refractivity contribution in [1.82, 2.24) is 14.7 Å². The second-order valence-corrected chi connectivity index (χ2v) is 7.00. The summed E-state index contributed by atoms with van der Waals surface area (Å²) in [6, 6.07) is 5.84. The molecule has 6 heteroatoms. The quantitative estimate of drug-likeness (QED) is 0.922. The average molecular weight is 334 g/mol. The zero-order valence-corrected chi connectivity index (χ0v) is 14.4. The van der Waals surface area contributed by atoms with E-state index < -0.39 is 0 Å². The van der Waals surface area contributed by atoms with Crippen LogP contribution in [0.4, 0.5) is 14.9 Å². The molecule has 0 unspecified atom stereocenters. The summed E-state index contributed by atoms with van der Waals surface area (Å²) >= 11 is 0. The van der Waals surface area contributed by atoms with Crippen molar-refractivity contribution in [2.75, 3.05) is 58.2 Å². The lowest BCUT2D eigenvalue weighted by Crippen LogP contribution is -2.49. The standard InChI is InChI=1S/C18H27FN4O/c1-21-9-11-22(12-10-21)13-15-3-2-8-23(14-15)18(24)20-17-6-4-16(19)5-7-17/h4-7,15H,2-3,8-14H2,1H3,(H,20,24)/t15-/m1/s1. The first-order valence-electron chi connectivity index (χ1n) is 8.82. The van der Waals surface area contributed by atoms with Crippen LogP contribution in [0, 0.1) is 11.7 Å². The van der Waals surface area contributed by atoms with E-state index in [9.17, 15) is 9.18 Å². The van der Waals surface area contributed by atoms with Crippen LogP contribution in [0.1, 0.15) is 12.8 Å². The number of amides is 2. The molecule has 2 fully saturated rings. The van der Waals surface area contributed by atoms with Gasteiger partial charge in [-0.1, -0.05) is 0 Å². The van der Waals surface area contributed by atoms with E-state index in [0.29, 0.717) is 11.6 Å². The summed E-state index contributed by atoms with van der Waals surface area (Å²) < 4.78 is 12.9. The first kappa shape index (κ1) is 17.2. The molecule has 24 heavy (non-hydrogen) atoms. The predicted molar refractivity (Wildman–Crippen MR) is 93.7 cm³/mol. The van der Waals surface area contributed by atoms with Crippen molar-refractivity contribution in [2.24, 2.45) is 5.92 Å². The van der Waals surface area contributed by atoms with Crippen LogP contribution in [-0.4, -0.2) is 73.6 Å². The smallest absolute Gasteiger partial charge is 0.321 e. The lowest BCUT2D eigenvalue weighted by molar-refractivity contribution is 0.109. The molecule has 1 aromatic carbocycles. The van der Waals surface area contributed by atoms with Crippen molar-refractivity contribution in [3.05, 3.63) is 30.1 Å². The SMILES string of the molecule is CN1CCN(C[C@H]2CCCN(C(=O)Nc3ccc(F)cc3)C2)CC1. The molecule has 0 aliphatic carbocycles. The topological polar surface area (TPSA) is 38.8 Å². The molecule has 132 valence electrons. The summed E-state index contributed by atoms with van der Waals surface area (Å²) in [4.78, 5) is 19.2. The molecule has 2 aliphatic heterocycles. The van der Waals surface area contributed by atoms with Gasteiger partial charge in [0.2, 0.25) is 0 Å². The summed E-state index contributed by atoms with van der Waals surface area (Å²) in [5, 5.41) is 2.87. The number of likely N-dealkylation sites (N-methyl/N-ethyl adjacent to an activating group) is 1. The van der Waals surface area contributed by atoms with Crippen molar-refractivity contribution in [3.63, 3.8) is 0 Å². The fourth-order valence-electron chi connectivity index (χ4n) is 3.53. The van der Waals surface area contributed by atoms with Crippen LogP contribution < -0.4 is 5.32 Å². The summed E-state index contributed by atoms with van der Waals surface area (Å²) in [6.07, 6.45) is 2.24. The highest BCUT2D eigenvalue weighted by Crippen LogP contribution is 2.19. The number of likely N-dealkylation sites (tertiary alicyclic amines) is 1. The summed E-state index contributed by atoms with van der Waals surface area (Å²) in [5.74, 6) is 0.249. The zero-order valence-electron chi connectivity index (χ0n) is 14.4. The molecule has 2 heterocycles. The Morgan fingerprint density at radius 3 is 2.58 bits per heavy atom. The van der Waals surface area contributed by atoms with Gasteiger partial charge in [-0.25, -0.2) is 9.18 Å². The minimum atomic E-state index is -0.293. The largest absolute Gasteiger partial charge is 0.324 e. The third-order valence-electron chi connectivity index (χ3n) is 5.01. The molecule has 0 radical (unpaired) electrons. The lowest BCUT2D eigenvalue weighted by Gasteiger charge is -2.38. The fourth-order valence-corrected chi connectivity index (χ4v) is 3.53. The Kier molecular flexibility index (Phi) is 5.68. The normalized spacial score (nSPS) is 23.2. The van der Waals surface area contributed by atoms with Gasteiger partial charge in [-0.2, -0.15) is 0 Å². The maximum atomic E-state index is 12.9. The van der Waals surface area contributed by atoms with E-state index in [0.717, 1.165) is 52.2 Å². The van der Waals surface area contributed by atoms with Gasteiger partial charge < -0.3 is 20.0 Å². The molecule has 0 aromatic heterocycles. The molecule has 2 amide bonds. The van der Waals surface area contributed by atoms with Crippen LogP contribution in [0.2, 0.25) is 0 Å². The number of urea groups is 1. The Hall–Kier alpha value is -1.66. The van der Waals surface area contributed by atoms with Gasteiger partial charge in [-0.15, -0.1) is 0 Å². The maximum absolute atomic E-state index is 12.9. The number of nitrogens with zero attached hydrogens (tertiary/aromatic N) is 3. The molecule has 1 atom stereocenters. The first-order valence-corrected chi connectivity index (χ1v) is 8.82. The van der Waals surface area contributed by atoms with E-state index in [4.69, 9.17) is 0 Å². The number of halogens is 1. The second-order valence-electron chi connectivity index (χ2n) is 7.00. The number of anilines is 1. The molecule has 1 N–H and O–H groups in total. The third kappa shape index (κ3) is 4.68. The molecular weight excluding hydrogens is 307 g/mol. The molecule has 0 spiro atoms. The molecule has 1 aromatic rings. The summed E-state index contributed by atoms with van der Waals surface area (Å²) in [5.41, 5.74) is 0.641. The van der Waals surface area contributed by atoms with Gasteiger partial charge in [0, 0.05) is 51.5 Å². The highest BCUT2D eigenvalue weighted by atomic mass is 19.1. The van der Waals surface area contributed by atoms with Gasteiger partial charge in [0.05, 0.1) is 0 Å². The monoisotopic (exact) mass is 334 g/mol. The Morgan fingerprint density at radius 2 is 1.88 bits per heavy atom. The number of piperidine rings is 1. The Morgan fingerprint density at radius 1 is 1.17 bits per heavy atom. The third-order valence-corrected chi connectivity index (χ3v) is 5.01. The number of carbonyl (C=O) groups excluding carboxylic acids is 1. The van der Waals surface area contributed by atoms with E-state index in [2.05, 4.69) is 22.2 Å². The van der Waals surface area contributed by atoms with Crippen molar-refractivity contribution in [1.29, 1.82) is 0 Å². The Bertz CT molecular complexity index is 542. The van der Waals surface area contributed by atoms with Gasteiger partial charge >= 0.3 is 6.03 Å². The van der Waals surface area contributed by atoms with E-state index >= 15 is 0 Å². The van der Waals surface area contributed by atoms with Crippen LogP contribution >= 0.6 is 0 Å². The zero-order chi connectivity index (χ0) is 16.9. The van der Waals surface area contributed by atoms with E-state index in [-0.39, 0.29) is 11.8 Å². The van der Waals surface area contributed by atoms with Crippen LogP contribution in [0.5, 0.6) is 0 Å². The maximum Gasteiger partial charge on any atom is 0.321 e. The predicted octanol–water partition coefficient (Wildman–Crippen LogP) is 2.32. The van der Waals surface area contributed by atoms with E-state index in [1.807, 2.05) is 4.90 Å². The van der Waals surface area contributed by atoms with Gasteiger partial charge in [0.25, 0.3) is 0 Å². The number of benzene rings is 1. The molecule has 5 nitrogen and oxygen atoms in total. The first-order chi connectivity index (χ1) is 11.6. The van der Waals surface area contributed by atoms with E-state index in [1.54, 1.807) is 12.1 Å². The minimum absolute atomic E-state index is 0.0790. The van der Waals surface area contributed by atoms with Gasteiger partial charge in [-0.3, -0.25) is 0 Å². The van der Waals surface area contributed by atoms with Gasteiger partial charge in [0.15, 0.2) is 0 Å². The molecule has 2 aliphatic rings. The molecule has 0 bridgehead atoms.